The predicted molar refractivity (Wildman–Crippen MR) is 81.3 cm³/mol. The molecule has 1 heterocycles. The Hall–Kier alpha value is -2.08. The van der Waals surface area contributed by atoms with Crippen LogP contribution in [0, 0.1) is 0 Å². The lowest BCUT2D eigenvalue weighted by Gasteiger charge is -2.18. The van der Waals surface area contributed by atoms with Gasteiger partial charge in [-0.25, -0.2) is 0 Å². The molecule has 2 rings (SSSR count). The van der Waals surface area contributed by atoms with Crippen molar-refractivity contribution >= 4 is 23.3 Å². The van der Waals surface area contributed by atoms with E-state index in [0.717, 1.165) is 10.9 Å². The van der Waals surface area contributed by atoms with Crippen molar-refractivity contribution in [3.63, 3.8) is 0 Å². The smallest absolute Gasteiger partial charge is 0.338 e. The number of amides is 1. The van der Waals surface area contributed by atoms with E-state index in [-0.39, 0.29) is 18.0 Å². The number of hydrogen-bond donors (Lipinski definition) is 0. The molecule has 0 aliphatic heterocycles. The van der Waals surface area contributed by atoms with Crippen molar-refractivity contribution in [3.05, 3.63) is 63.9 Å². The Morgan fingerprint density at radius 1 is 1.23 bits per heavy atom. The zero-order valence-electron chi connectivity index (χ0n) is 11.8. The van der Waals surface area contributed by atoms with Gasteiger partial charge in [0.1, 0.15) is 0 Å². The van der Waals surface area contributed by atoms with Crippen LogP contribution >= 0.6 is 11.3 Å². The molecule has 0 unspecified atom stereocenters. The van der Waals surface area contributed by atoms with Crippen LogP contribution in [0.4, 0.5) is 13.2 Å². The molecule has 0 fully saturated rings. The number of nitrogens with zero attached hydrogens (tertiary/aromatic N) is 1. The monoisotopic (exact) mass is 325 g/mol. The lowest BCUT2D eigenvalue weighted by molar-refractivity contribution is -0.139. The van der Waals surface area contributed by atoms with E-state index < -0.39 is 11.7 Å². The van der Waals surface area contributed by atoms with Crippen LogP contribution in [0.15, 0.2) is 47.9 Å². The first-order valence-electron chi connectivity index (χ1n) is 6.49. The molecule has 22 heavy (non-hydrogen) atoms. The zero-order valence-corrected chi connectivity index (χ0v) is 12.6. The Kier molecular flexibility index (Phi) is 5.03. The fourth-order valence-corrected chi connectivity index (χ4v) is 2.55. The number of rotatable bonds is 4. The number of likely N-dealkylation sites (N-methyl/N-ethyl adjacent to an activating group) is 1. The molecule has 0 bridgehead atoms. The largest absolute Gasteiger partial charge is 0.416 e. The van der Waals surface area contributed by atoms with Gasteiger partial charge < -0.3 is 4.90 Å². The Bertz CT molecular complexity index is 662. The third kappa shape index (κ3) is 4.21. The van der Waals surface area contributed by atoms with Gasteiger partial charge in [-0.1, -0.05) is 24.3 Å². The van der Waals surface area contributed by atoms with Gasteiger partial charge in [-0.05, 0) is 29.2 Å². The maximum Gasteiger partial charge on any atom is 0.416 e. The zero-order chi connectivity index (χ0) is 16.2. The minimum absolute atomic E-state index is 0.0790. The summed E-state index contributed by atoms with van der Waals surface area (Å²) in [4.78, 5) is 14.1. The second-order valence-electron chi connectivity index (χ2n) is 4.70. The lowest BCUT2D eigenvalue weighted by Crippen LogP contribution is -2.25. The van der Waals surface area contributed by atoms with Gasteiger partial charge in [0.2, 0.25) is 5.91 Å². The SMILES string of the molecule is CN(Cc1ccccc1C(F)(F)F)C(=O)/C=C/c1cccs1. The summed E-state index contributed by atoms with van der Waals surface area (Å²) in [6, 6.07) is 8.99. The van der Waals surface area contributed by atoms with Crippen LogP contribution in [0.1, 0.15) is 16.0 Å². The molecule has 0 aliphatic rings. The highest BCUT2D eigenvalue weighted by Gasteiger charge is 2.33. The van der Waals surface area contributed by atoms with Crippen molar-refractivity contribution in [1.82, 2.24) is 4.90 Å². The van der Waals surface area contributed by atoms with Crippen molar-refractivity contribution in [2.45, 2.75) is 12.7 Å². The van der Waals surface area contributed by atoms with Crippen molar-refractivity contribution < 1.29 is 18.0 Å². The van der Waals surface area contributed by atoms with Crippen LogP contribution in [0.5, 0.6) is 0 Å². The van der Waals surface area contributed by atoms with E-state index in [1.165, 1.54) is 47.6 Å². The number of thiophene rings is 1. The topological polar surface area (TPSA) is 20.3 Å². The Labute approximate surface area is 130 Å². The first kappa shape index (κ1) is 16.3. The molecule has 2 aromatic rings. The summed E-state index contributed by atoms with van der Waals surface area (Å²) in [6.07, 6.45) is -1.41. The van der Waals surface area contributed by atoms with Crippen molar-refractivity contribution in [3.8, 4) is 0 Å². The third-order valence-electron chi connectivity index (χ3n) is 3.04. The first-order valence-corrected chi connectivity index (χ1v) is 7.37. The van der Waals surface area contributed by atoms with E-state index in [4.69, 9.17) is 0 Å². The second kappa shape index (κ2) is 6.79. The van der Waals surface area contributed by atoms with Gasteiger partial charge in [0, 0.05) is 24.5 Å². The molecule has 6 heteroatoms. The van der Waals surface area contributed by atoms with Crippen LogP contribution < -0.4 is 0 Å². The Morgan fingerprint density at radius 2 is 1.95 bits per heavy atom. The quantitative estimate of drug-likeness (QED) is 0.761. The fourth-order valence-electron chi connectivity index (χ4n) is 1.93. The van der Waals surface area contributed by atoms with Gasteiger partial charge in [-0.3, -0.25) is 4.79 Å². The van der Waals surface area contributed by atoms with E-state index in [1.807, 2.05) is 17.5 Å². The summed E-state index contributed by atoms with van der Waals surface area (Å²) in [5, 5.41) is 1.88. The molecule has 0 saturated carbocycles. The van der Waals surface area contributed by atoms with Gasteiger partial charge >= 0.3 is 6.18 Å². The van der Waals surface area contributed by atoms with E-state index in [9.17, 15) is 18.0 Å². The molecule has 0 spiro atoms. The molecule has 1 amide bonds. The molecule has 0 aliphatic carbocycles. The highest BCUT2D eigenvalue weighted by atomic mass is 32.1. The van der Waals surface area contributed by atoms with Gasteiger partial charge in [-0.15, -0.1) is 11.3 Å². The molecule has 0 saturated heterocycles. The fraction of sp³-hybridized carbons (Fsp3) is 0.188. The highest BCUT2D eigenvalue weighted by molar-refractivity contribution is 7.10. The second-order valence-corrected chi connectivity index (χ2v) is 5.68. The van der Waals surface area contributed by atoms with E-state index >= 15 is 0 Å². The molecule has 0 atom stereocenters. The van der Waals surface area contributed by atoms with E-state index in [2.05, 4.69) is 0 Å². The minimum atomic E-state index is -4.42. The molecule has 2 nitrogen and oxygen atoms in total. The summed E-state index contributed by atoms with van der Waals surface area (Å²) in [5.41, 5.74) is -0.632. The molecular formula is C16H14F3NOS. The molecule has 116 valence electrons. The summed E-state index contributed by atoms with van der Waals surface area (Å²) < 4.78 is 38.8. The van der Waals surface area contributed by atoms with E-state index in [0.29, 0.717) is 0 Å². The standard InChI is InChI=1S/C16H14F3NOS/c1-20(15(21)9-8-13-6-4-10-22-13)11-12-5-2-3-7-14(12)16(17,18)19/h2-10H,11H2,1H3/b9-8+. The summed E-state index contributed by atoms with van der Waals surface area (Å²) in [7, 11) is 1.48. The summed E-state index contributed by atoms with van der Waals surface area (Å²) in [6.45, 7) is -0.0940. The number of halogens is 3. The Morgan fingerprint density at radius 3 is 2.59 bits per heavy atom. The van der Waals surface area contributed by atoms with Crippen molar-refractivity contribution in [1.29, 1.82) is 0 Å². The molecule has 1 aromatic heterocycles. The van der Waals surface area contributed by atoms with Crippen LogP contribution in [0.2, 0.25) is 0 Å². The van der Waals surface area contributed by atoms with Crippen LogP contribution in [0.25, 0.3) is 6.08 Å². The maximum absolute atomic E-state index is 12.9. The minimum Gasteiger partial charge on any atom is -0.338 e. The number of hydrogen-bond acceptors (Lipinski definition) is 2. The Balaban J connectivity index is 2.09. The number of alkyl halides is 3. The molecule has 0 N–H and O–H groups in total. The molecular weight excluding hydrogens is 311 g/mol. The van der Waals surface area contributed by atoms with Gasteiger partial charge in [0.25, 0.3) is 0 Å². The summed E-state index contributed by atoms with van der Waals surface area (Å²) >= 11 is 1.48. The predicted octanol–water partition coefficient (Wildman–Crippen LogP) is 4.44. The maximum atomic E-state index is 12.9. The number of carbonyl (C=O) groups excluding carboxylic acids is 1. The summed E-state index contributed by atoms with van der Waals surface area (Å²) in [5.74, 6) is -0.342. The molecule has 0 radical (unpaired) electrons. The van der Waals surface area contributed by atoms with Crippen LogP contribution in [-0.4, -0.2) is 17.9 Å². The average molecular weight is 325 g/mol. The van der Waals surface area contributed by atoms with E-state index in [1.54, 1.807) is 6.08 Å². The number of carbonyl (C=O) groups is 1. The number of benzene rings is 1. The lowest BCUT2D eigenvalue weighted by atomic mass is 10.1. The third-order valence-corrected chi connectivity index (χ3v) is 3.88. The van der Waals surface area contributed by atoms with Crippen LogP contribution in [0.3, 0.4) is 0 Å². The van der Waals surface area contributed by atoms with Gasteiger partial charge in [-0.2, -0.15) is 13.2 Å². The first-order chi connectivity index (χ1) is 10.4. The molecule has 1 aromatic carbocycles. The normalized spacial score (nSPS) is 11.8. The van der Waals surface area contributed by atoms with Crippen molar-refractivity contribution in [2.75, 3.05) is 7.05 Å². The van der Waals surface area contributed by atoms with Crippen LogP contribution in [-0.2, 0) is 17.5 Å². The average Bonchev–Trinajstić information content (AvgIpc) is 2.97. The highest BCUT2D eigenvalue weighted by Crippen LogP contribution is 2.32. The van der Waals surface area contributed by atoms with Gasteiger partial charge in [0.15, 0.2) is 0 Å². The van der Waals surface area contributed by atoms with Crippen molar-refractivity contribution in [2.24, 2.45) is 0 Å². The van der Waals surface area contributed by atoms with Gasteiger partial charge in [0.05, 0.1) is 5.56 Å².